The summed E-state index contributed by atoms with van der Waals surface area (Å²) >= 11 is 0. The first-order valence-corrected chi connectivity index (χ1v) is 8.94. The van der Waals surface area contributed by atoms with Gasteiger partial charge < -0.3 is 14.8 Å². The molecule has 2 aliphatic rings. The van der Waals surface area contributed by atoms with Gasteiger partial charge in [0.25, 0.3) is 5.56 Å². The molecule has 7 nitrogen and oxygen atoms in total. The average molecular weight is 355 g/mol. The second kappa shape index (κ2) is 7.19. The van der Waals surface area contributed by atoms with Gasteiger partial charge in [-0.05, 0) is 48.9 Å². The molecular formula is C19H21N3O4. The van der Waals surface area contributed by atoms with Gasteiger partial charge in [-0.3, -0.25) is 9.59 Å². The minimum atomic E-state index is -0.245. The number of hydrogen-bond donors (Lipinski definition) is 1. The molecule has 1 aromatic carbocycles. The van der Waals surface area contributed by atoms with E-state index >= 15 is 0 Å². The molecule has 7 heteroatoms. The molecule has 1 amide bonds. The Kier molecular flexibility index (Phi) is 4.60. The Hall–Kier alpha value is -2.83. The van der Waals surface area contributed by atoms with Crippen molar-refractivity contribution < 1.29 is 14.3 Å². The highest BCUT2D eigenvalue weighted by Crippen LogP contribution is 2.32. The van der Waals surface area contributed by atoms with Crippen LogP contribution in [0.2, 0.25) is 0 Å². The summed E-state index contributed by atoms with van der Waals surface area (Å²) in [6, 6.07) is 7.18. The fourth-order valence-corrected chi connectivity index (χ4v) is 3.33. The van der Waals surface area contributed by atoms with Gasteiger partial charge in [0, 0.05) is 12.6 Å². The van der Waals surface area contributed by atoms with Gasteiger partial charge in [0.1, 0.15) is 6.54 Å². The van der Waals surface area contributed by atoms with Gasteiger partial charge in [-0.15, -0.1) is 0 Å². The van der Waals surface area contributed by atoms with Crippen LogP contribution in [0.4, 0.5) is 0 Å². The Bertz CT molecular complexity index is 891. The van der Waals surface area contributed by atoms with E-state index in [0.717, 1.165) is 48.9 Å². The molecule has 0 unspecified atom stereocenters. The maximum atomic E-state index is 12.2. The fourth-order valence-electron chi connectivity index (χ4n) is 3.33. The van der Waals surface area contributed by atoms with Crippen LogP contribution < -0.4 is 20.3 Å². The summed E-state index contributed by atoms with van der Waals surface area (Å²) < 4.78 is 11.9. The highest BCUT2D eigenvalue weighted by molar-refractivity contribution is 5.75. The number of ether oxygens (including phenoxy) is 2. The van der Waals surface area contributed by atoms with Gasteiger partial charge in [0.15, 0.2) is 11.5 Å². The number of fused-ring (bicyclic) bond motifs is 2. The maximum Gasteiger partial charge on any atom is 0.267 e. The summed E-state index contributed by atoms with van der Waals surface area (Å²) in [7, 11) is 0. The largest absolute Gasteiger partial charge is 0.454 e. The number of benzene rings is 1. The van der Waals surface area contributed by atoms with Gasteiger partial charge in [-0.25, -0.2) is 4.68 Å². The van der Waals surface area contributed by atoms with Crippen LogP contribution in [0.3, 0.4) is 0 Å². The highest BCUT2D eigenvalue weighted by Gasteiger charge is 2.15. The van der Waals surface area contributed by atoms with Gasteiger partial charge in [-0.1, -0.05) is 12.5 Å². The highest BCUT2D eigenvalue weighted by atomic mass is 16.7. The van der Waals surface area contributed by atoms with Crippen molar-refractivity contribution >= 4 is 5.91 Å². The zero-order valence-electron chi connectivity index (χ0n) is 14.5. The van der Waals surface area contributed by atoms with Crippen molar-refractivity contribution in [1.29, 1.82) is 0 Å². The van der Waals surface area contributed by atoms with Crippen molar-refractivity contribution in [3.8, 4) is 11.5 Å². The smallest absolute Gasteiger partial charge is 0.267 e. The topological polar surface area (TPSA) is 82.5 Å². The zero-order chi connectivity index (χ0) is 17.9. The van der Waals surface area contributed by atoms with E-state index in [1.54, 1.807) is 6.07 Å². The summed E-state index contributed by atoms with van der Waals surface area (Å²) in [4.78, 5) is 24.5. The maximum absolute atomic E-state index is 12.2. The molecule has 1 N–H and O–H groups in total. The lowest BCUT2D eigenvalue weighted by Crippen LogP contribution is -2.34. The van der Waals surface area contributed by atoms with Crippen molar-refractivity contribution in [3.63, 3.8) is 0 Å². The number of rotatable bonds is 4. The number of aryl methyl sites for hydroxylation is 2. The Morgan fingerprint density at radius 3 is 2.88 bits per heavy atom. The molecular weight excluding hydrogens is 334 g/mol. The first-order chi connectivity index (χ1) is 12.7. The summed E-state index contributed by atoms with van der Waals surface area (Å²) in [6.45, 7) is 0.504. The fraction of sp³-hybridized carbons (Fsp3) is 0.421. The van der Waals surface area contributed by atoms with E-state index in [0.29, 0.717) is 18.0 Å². The number of carbonyl (C=O) groups excluding carboxylic acids is 1. The second-order valence-corrected chi connectivity index (χ2v) is 6.64. The third-order valence-corrected chi connectivity index (χ3v) is 4.74. The Morgan fingerprint density at radius 2 is 1.96 bits per heavy atom. The first kappa shape index (κ1) is 16.6. The molecule has 4 rings (SSSR count). The SMILES string of the molecule is O=C(Cn1nc2c(cc1=O)CCCCC2)NCc1ccc2c(c1)OCO2. The molecule has 0 bridgehead atoms. The number of nitrogens with one attached hydrogen (secondary N) is 1. The van der Waals surface area contributed by atoms with Crippen molar-refractivity contribution in [3.05, 3.63) is 51.4 Å². The summed E-state index contributed by atoms with van der Waals surface area (Å²) in [5, 5.41) is 7.25. The summed E-state index contributed by atoms with van der Waals surface area (Å²) in [5.41, 5.74) is 2.67. The lowest BCUT2D eigenvalue weighted by Gasteiger charge is -2.10. The third-order valence-electron chi connectivity index (χ3n) is 4.74. The first-order valence-electron chi connectivity index (χ1n) is 8.94. The third kappa shape index (κ3) is 3.56. The number of nitrogens with zero attached hydrogens (tertiary/aromatic N) is 2. The minimum Gasteiger partial charge on any atom is -0.454 e. The normalized spacial score (nSPS) is 15.2. The molecule has 0 saturated heterocycles. The van der Waals surface area contributed by atoms with Crippen LogP contribution in [0.1, 0.15) is 36.1 Å². The molecule has 26 heavy (non-hydrogen) atoms. The molecule has 1 aromatic heterocycles. The zero-order valence-corrected chi connectivity index (χ0v) is 14.5. The molecule has 0 saturated carbocycles. The minimum absolute atomic E-state index is 0.0728. The quantitative estimate of drug-likeness (QED) is 0.842. The van der Waals surface area contributed by atoms with Crippen LogP contribution in [0.5, 0.6) is 11.5 Å². The van der Waals surface area contributed by atoms with Crippen LogP contribution in [0.15, 0.2) is 29.1 Å². The van der Waals surface area contributed by atoms with E-state index in [1.807, 2.05) is 18.2 Å². The molecule has 2 aromatic rings. The molecule has 0 radical (unpaired) electrons. The predicted octanol–water partition coefficient (Wildman–Crippen LogP) is 1.56. The number of carbonyl (C=O) groups is 1. The van der Waals surface area contributed by atoms with E-state index in [4.69, 9.17) is 9.47 Å². The van der Waals surface area contributed by atoms with Gasteiger partial charge in [-0.2, -0.15) is 5.10 Å². The second-order valence-electron chi connectivity index (χ2n) is 6.64. The lowest BCUT2D eigenvalue weighted by atomic mass is 10.1. The molecule has 1 aliphatic carbocycles. The Balaban J connectivity index is 1.40. The number of aromatic nitrogens is 2. The van der Waals surface area contributed by atoms with Crippen molar-refractivity contribution in [1.82, 2.24) is 15.1 Å². The molecule has 0 atom stereocenters. The number of hydrogen-bond acceptors (Lipinski definition) is 5. The van der Waals surface area contributed by atoms with Crippen LogP contribution in [0, 0.1) is 0 Å². The Labute approximate surface area is 150 Å². The molecule has 2 heterocycles. The lowest BCUT2D eigenvalue weighted by molar-refractivity contribution is -0.122. The van der Waals surface area contributed by atoms with Gasteiger partial charge in [0.05, 0.1) is 5.69 Å². The molecule has 136 valence electrons. The summed E-state index contributed by atoms with van der Waals surface area (Å²) in [6.07, 6.45) is 5.09. The van der Waals surface area contributed by atoms with Crippen LogP contribution in [0.25, 0.3) is 0 Å². The monoisotopic (exact) mass is 355 g/mol. The Morgan fingerprint density at radius 1 is 1.12 bits per heavy atom. The van der Waals surface area contributed by atoms with E-state index in [-0.39, 0.29) is 24.8 Å². The summed E-state index contributed by atoms with van der Waals surface area (Å²) in [5.74, 6) is 1.15. The number of amides is 1. The van der Waals surface area contributed by atoms with E-state index < -0.39 is 0 Å². The standard InChI is InChI=1S/C19H21N3O4/c23-18(20-10-13-6-7-16-17(8-13)26-12-25-16)11-22-19(24)9-14-4-2-1-3-5-15(14)21-22/h6-9H,1-5,10-12H2,(H,20,23). The van der Waals surface area contributed by atoms with E-state index in [1.165, 1.54) is 4.68 Å². The van der Waals surface area contributed by atoms with Gasteiger partial charge in [0.2, 0.25) is 12.7 Å². The van der Waals surface area contributed by atoms with Crippen molar-refractivity contribution in [2.24, 2.45) is 0 Å². The van der Waals surface area contributed by atoms with E-state index in [9.17, 15) is 9.59 Å². The van der Waals surface area contributed by atoms with E-state index in [2.05, 4.69) is 10.4 Å². The predicted molar refractivity (Wildman–Crippen MR) is 94.2 cm³/mol. The molecule has 0 spiro atoms. The van der Waals surface area contributed by atoms with Crippen LogP contribution in [-0.4, -0.2) is 22.5 Å². The van der Waals surface area contributed by atoms with Crippen LogP contribution in [-0.2, 0) is 30.7 Å². The van der Waals surface area contributed by atoms with Crippen molar-refractivity contribution in [2.45, 2.75) is 45.2 Å². The van der Waals surface area contributed by atoms with Crippen molar-refractivity contribution in [2.75, 3.05) is 6.79 Å². The molecule has 0 fully saturated rings. The molecule has 1 aliphatic heterocycles. The van der Waals surface area contributed by atoms with Crippen LogP contribution >= 0.6 is 0 Å². The average Bonchev–Trinajstić information content (AvgIpc) is 2.99. The van der Waals surface area contributed by atoms with Gasteiger partial charge >= 0.3 is 0 Å².